The fraction of sp³-hybridized carbons (Fsp3) is 0.381. The van der Waals surface area contributed by atoms with Crippen molar-refractivity contribution in [3.05, 3.63) is 59.2 Å². The third-order valence-electron chi connectivity index (χ3n) is 3.94. The third kappa shape index (κ3) is 4.16. The van der Waals surface area contributed by atoms with E-state index in [-0.39, 0.29) is 16.9 Å². The highest BCUT2D eigenvalue weighted by atomic mass is 16.5. The third-order valence-corrected chi connectivity index (χ3v) is 3.94. The van der Waals surface area contributed by atoms with Gasteiger partial charge in [-0.05, 0) is 17.9 Å². The standard InChI is InChI=1S/C21H26O3/c1-5-6-12-24-19-14-18(22)16(13-17(19)21(2,3)4)20(23)15-10-8-7-9-11-15/h7-11,13-14,22H,5-6,12H2,1-4H3. The van der Waals surface area contributed by atoms with Crippen LogP contribution in [0.3, 0.4) is 0 Å². The van der Waals surface area contributed by atoms with E-state index in [0.29, 0.717) is 23.5 Å². The molecule has 0 aliphatic heterocycles. The molecule has 0 aromatic heterocycles. The van der Waals surface area contributed by atoms with E-state index in [9.17, 15) is 9.90 Å². The Bertz CT molecular complexity index is 697. The number of ether oxygens (including phenoxy) is 1. The largest absolute Gasteiger partial charge is 0.507 e. The Morgan fingerprint density at radius 1 is 1.12 bits per heavy atom. The lowest BCUT2D eigenvalue weighted by molar-refractivity contribution is 0.103. The highest BCUT2D eigenvalue weighted by Crippen LogP contribution is 2.37. The molecule has 2 rings (SSSR count). The lowest BCUT2D eigenvalue weighted by atomic mass is 9.84. The monoisotopic (exact) mass is 326 g/mol. The summed E-state index contributed by atoms with van der Waals surface area (Å²) < 4.78 is 5.85. The van der Waals surface area contributed by atoms with E-state index < -0.39 is 0 Å². The first-order valence-electron chi connectivity index (χ1n) is 8.44. The van der Waals surface area contributed by atoms with Crippen LogP contribution in [-0.4, -0.2) is 17.5 Å². The highest BCUT2D eigenvalue weighted by molar-refractivity contribution is 6.10. The molecule has 0 bridgehead atoms. The van der Waals surface area contributed by atoms with Crippen LogP contribution in [0.2, 0.25) is 0 Å². The van der Waals surface area contributed by atoms with Crippen molar-refractivity contribution < 1.29 is 14.6 Å². The van der Waals surface area contributed by atoms with Crippen LogP contribution in [0.15, 0.2) is 42.5 Å². The molecular formula is C21H26O3. The van der Waals surface area contributed by atoms with Gasteiger partial charge in [-0.25, -0.2) is 0 Å². The molecule has 3 heteroatoms. The molecule has 2 aromatic carbocycles. The number of unbranched alkanes of at least 4 members (excludes halogenated alkanes) is 1. The minimum Gasteiger partial charge on any atom is -0.507 e. The van der Waals surface area contributed by atoms with Gasteiger partial charge in [-0.1, -0.05) is 64.4 Å². The lowest BCUT2D eigenvalue weighted by Gasteiger charge is -2.24. The minimum atomic E-state index is -0.193. The highest BCUT2D eigenvalue weighted by Gasteiger charge is 2.24. The molecule has 0 spiro atoms. The van der Waals surface area contributed by atoms with Gasteiger partial charge < -0.3 is 9.84 Å². The number of rotatable bonds is 6. The second kappa shape index (κ2) is 7.52. The van der Waals surface area contributed by atoms with Crippen LogP contribution in [0.5, 0.6) is 11.5 Å². The maximum Gasteiger partial charge on any atom is 0.196 e. The van der Waals surface area contributed by atoms with Gasteiger partial charge >= 0.3 is 0 Å². The van der Waals surface area contributed by atoms with Gasteiger partial charge in [0.15, 0.2) is 5.78 Å². The lowest BCUT2D eigenvalue weighted by Crippen LogP contribution is -2.15. The number of benzene rings is 2. The first kappa shape index (κ1) is 18.1. The van der Waals surface area contributed by atoms with Gasteiger partial charge in [0.05, 0.1) is 12.2 Å². The average Bonchev–Trinajstić information content (AvgIpc) is 2.54. The number of phenols is 1. The van der Waals surface area contributed by atoms with Crippen molar-refractivity contribution in [3.63, 3.8) is 0 Å². The number of carbonyl (C=O) groups excluding carboxylic acids is 1. The second-order valence-electron chi connectivity index (χ2n) is 7.01. The van der Waals surface area contributed by atoms with E-state index in [1.807, 2.05) is 18.2 Å². The zero-order valence-corrected chi connectivity index (χ0v) is 14.9. The van der Waals surface area contributed by atoms with Gasteiger partial charge in [0.25, 0.3) is 0 Å². The molecule has 24 heavy (non-hydrogen) atoms. The van der Waals surface area contributed by atoms with Crippen molar-refractivity contribution in [2.45, 2.75) is 46.0 Å². The summed E-state index contributed by atoms with van der Waals surface area (Å²) in [6.07, 6.45) is 2.00. The van der Waals surface area contributed by atoms with E-state index in [0.717, 1.165) is 18.4 Å². The molecule has 128 valence electrons. The molecule has 1 N–H and O–H groups in total. The molecule has 0 amide bonds. The molecule has 0 atom stereocenters. The van der Waals surface area contributed by atoms with Crippen LogP contribution < -0.4 is 4.74 Å². The summed E-state index contributed by atoms with van der Waals surface area (Å²) in [6.45, 7) is 8.92. The molecule has 0 aliphatic rings. The Morgan fingerprint density at radius 2 is 1.79 bits per heavy atom. The Morgan fingerprint density at radius 3 is 2.38 bits per heavy atom. The van der Waals surface area contributed by atoms with Crippen LogP contribution in [0.1, 0.15) is 62.0 Å². The normalized spacial score (nSPS) is 11.3. The summed E-state index contributed by atoms with van der Waals surface area (Å²) >= 11 is 0. The fourth-order valence-electron chi connectivity index (χ4n) is 2.53. The minimum absolute atomic E-state index is 0.0386. The molecule has 0 saturated carbocycles. The van der Waals surface area contributed by atoms with E-state index in [4.69, 9.17) is 4.74 Å². The van der Waals surface area contributed by atoms with Crippen molar-refractivity contribution in [2.24, 2.45) is 0 Å². The van der Waals surface area contributed by atoms with Crippen molar-refractivity contribution in [1.29, 1.82) is 0 Å². The Hall–Kier alpha value is -2.29. The molecule has 3 nitrogen and oxygen atoms in total. The first-order valence-corrected chi connectivity index (χ1v) is 8.44. The van der Waals surface area contributed by atoms with E-state index in [1.54, 1.807) is 24.3 Å². The van der Waals surface area contributed by atoms with Crippen molar-refractivity contribution in [2.75, 3.05) is 6.61 Å². The van der Waals surface area contributed by atoms with Gasteiger partial charge in [0.2, 0.25) is 0 Å². The SMILES string of the molecule is CCCCOc1cc(O)c(C(=O)c2ccccc2)cc1C(C)(C)C. The van der Waals surface area contributed by atoms with Crippen molar-refractivity contribution in [1.82, 2.24) is 0 Å². The van der Waals surface area contributed by atoms with Crippen LogP contribution in [0.4, 0.5) is 0 Å². The Kier molecular flexibility index (Phi) is 5.66. The molecule has 0 radical (unpaired) electrons. The van der Waals surface area contributed by atoms with E-state index in [2.05, 4.69) is 27.7 Å². The number of ketones is 1. The maximum absolute atomic E-state index is 12.7. The first-order chi connectivity index (χ1) is 11.3. The molecule has 2 aromatic rings. The van der Waals surface area contributed by atoms with Crippen LogP contribution in [-0.2, 0) is 5.41 Å². The summed E-state index contributed by atoms with van der Waals surface area (Å²) in [7, 11) is 0. The van der Waals surface area contributed by atoms with Crippen molar-refractivity contribution >= 4 is 5.78 Å². The molecule has 0 fully saturated rings. The van der Waals surface area contributed by atoms with Gasteiger partial charge in [0.1, 0.15) is 11.5 Å². The average molecular weight is 326 g/mol. The van der Waals surface area contributed by atoms with Crippen LogP contribution >= 0.6 is 0 Å². The maximum atomic E-state index is 12.7. The van der Waals surface area contributed by atoms with Crippen LogP contribution in [0.25, 0.3) is 0 Å². The van der Waals surface area contributed by atoms with Gasteiger partial charge in [-0.3, -0.25) is 4.79 Å². The zero-order valence-electron chi connectivity index (χ0n) is 14.9. The topological polar surface area (TPSA) is 46.5 Å². The molecule has 0 unspecified atom stereocenters. The molecule has 0 saturated heterocycles. The Labute approximate surface area is 144 Å². The summed E-state index contributed by atoms with van der Waals surface area (Å²) in [5, 5.41) is 10.4. The summed E-state index contributed by atoms with van der Waals surface area (Å²) in [5.41, 5.74) is 1.61. The number of hydrogen-bond acceptors (Lipinski definition) is 3. The molecule has 0 heterocycles. The fourth-order valence-corrected chi connectivity index (χ4v) is 2.53. The van der Waals surface area contributed by atoms with E-state index >= 15 is 0 Å². The smallest absolute Gasteiger partial charge is 0.196 e. The molecule has 0 aliphatic carbocycles. The van der Waals surface area contributed by atoms with E-state index in [1.165, 1.54) is 0 Å². The summed E-state index contributed by atoms with van der Waals surface area (Å²) in [5.74, 6) is 0.431. The second-order valence-corrected chi connectivity index (χ2v) is 7.01. The Balaban J connectivity index is 2.45. The number of phenolic OH excluding ortho intramolecular Hbond substituents is 1. The van der Waals surface area contributed by atoms with Gasteiger partial charge in [-0.15, -0.1) is 0 Å². The van der Waals surface area contributed by atoms with Gasteiger partial charge in [0, 0.05) is 17.2 Å². The summed E-state index contributed by atoms with van der Waals surface area (Å²) in [6, 6.07) is 12.4. The van der Waals surface area contributed by atoms with Gasteiger partial charge in [-0.2, -0.15) is 0 Å². The predicted octanol–water partition coefficient (Wildman–Crippen LogP) is 5.10. The van der Waals surface area contributed by atoms with Crippen molar-refractivity contribution in [3.8, 4) is 11.5 Å². The quantitative estimate of drug-likeness (QED) is 0.593. The molecular weight excluding hydrogens is 300 g/mol. The zero-order chi connectivity index (χ0) is 17.7. The van der Waals surface area contributed by atoms with Crippen LogP contribution in [0, 0.1) is 0 Å². The number of hydrogen-bond donors (Lipinski definition) is 1. The number of aromatic hydroxyl groups is 1. The summed E-state index contributed by atoms with van der Waals surface area (Å²) in [4.78, 5) is 12.7. The predicted molar refractivity (Wildman–Crippen MR) is 97.1 cm³/mol. The number of carbonyl (C=O) groups is 1.